The monoisotopic (exact) mass is 370 g/mol. The first-order valence-electron chi connectivity index (χ1n) is 9.88. The summed E-state index contributed by atoms with van der Waals surface area (Å²) in [4.78, 5) is 41.3. The Labute approximate surface area is 159 Å². The molecule has 4 atom stereocenters. The molecule has 0 aromatic heterocycles. The number of morpholine rings is 1. The molecule has 4 rings (SSSR count). The first kappa shape index (κ1) is 18.2. The molecule has 1 aliphatic carbocycles. The van der Waals surface area contributed by atoms with Gasteiger partial charge in [0.1, 0.15) is 0 Å². The van der Waals surface area contributed by atoms with Crippen molar-refractivity contribution >= 4 is 23.4 Å². The highest BCUT2D eigenvalue weighted by Gasteiger charge is 2.48. The van der Waals surface area contributed by atoms with Crippen LogP contribution in [0.15, 0.2) is 24.3 Å². The molecule has 0 N–H and O–H groups in total. The molecule has 27 heavy (non-hydrogen) atoms. The maximum absolute atomic E-state index is 12.8. The topological polar surface area (TPSA) is 66.9 Å². The van der Waals surface area contributed by atoms with Crippen LogP contribution in [0.3, 0.4) is 0 Å². The lowest BCUT2D eigenvalue weighted by Gasteiger charge is -2.35. The van der Waals surface area contributed by atoms with Crippen molar-refractivity contribution < 1.29 is 19.1 Å². The summed E-state index contributed by atoms with van der Waals surface area (Å²) in [5, 5.41) is 0. The minimum Gasteiger partial charge on any atom is -0.372 e. The van der Waals surface area contributed by atoms with Crippen LogP contribution in [0.4, 0.5) is 5.69 Å². The highest BCUT2D eigenvalue weighted by atomic mass is 16.5. The fourth-order valence-electron chi connectivity index (χ4n) is 4.70. The largest absolute Gasteiger partial charge is 0.372 e. The van der Waals surface area contributed by atoms with Crippen LogP contribution < -0.4 is 4.90 Å². The molecule has 1 aromatic carbocycles. The third-order valence-corrected chi connectivity index (χ3v) is 5.92. The average molecular weight is 370 g/mol. The van der Waals surface area contributed by atoms with Crippen LogP contribution >= 0.6 is 0 Å². The zero-order valence-corrected chi connectivity index (χ0v) is 15.9. The van der Waals surface area contributed by atoms with Crippen molar-refractivity contribution in [1.82, 2.24) is 4.90 Å². The molecule has 0 bridgehead atoms. The smallest absolute Gasteiger partial charge is 0.254 e. The molecule has 6 nitrogen and oxygen atoms in total. The predicted molar refractivity (Wildman–Crippen MR) is 100 cm³/mol. The van der Waals surface area contributed by atoms with E-state index in [1.165, 1.54) is 4.90 Å². The van der Waals surface area contributed by atoms with E-state index in [1.54, 1.807) is 29.2 Å². The van der Waals surface area contributed by atoms with E-state index in [2.05, 4.69) is 0 Å². The van der Waals surface area contributed by atoms with Crippen molar-refractivity contribution in [3.8, 4) is 0 Å². The quantitative estimate of drug-likeness (QED) is 0.751. The van der Waals surface area contributed by atoms with Crippen molar-refractivity contribution in [3.63, 3.8) is 0 Å². The van der Waals surface area contributed by atoms with Crippen LogP contribution in [-0.4, -0.2) is 47.9 Å². The number of benzene rings is 1. The van der Waals surface area contributed by atoms with E-state index in [-0.39, 0.29) is 41.8 Å². The van der Waals surface area contributed by atoms with E-state index in [9.17, 15) is 14.4 Å². The molecule has 6 heteroatoms. The molecule has 3 aliphatic rings. The molecule has 1 aromatic rings. The van der Waals surface area contributed by atoms with Gasteiger partial charge in [-0.3, -0.25) is 19.3 Å². The molecule has 0 spiro atoms. The molecule has 2 saturated heterocycles. The molecule has 3 amide bonds. The van der Waals surface area contributed by atoms with Gasteiger partial charge in [0.25, 0.3) is 5.91 Å². The van der Waals surface area contributed by atoms with E-state index in [0.29, 0.717) is 24.3 Å². The second-order valence-corrected chi connectivity index (χ2v) is 8.02. The normalized spacial score (nSPS) is 31.2. The number of imide groups is 1. The van der Waals surface area contributed by atoms with Gasteiger partial charge in [0.2, 0.25) is 11.8 Å². The summed E-state index contributed by atoms with van der Waals surface area (Å²) < 4.78 is 5.68. The van der Waals surface area contributed by atoms with Gasteiger partial charge in [-0.1, -0.05) is 12.8 Å². The van der Waals surface area contributed by atoms with E-state index < -0.39 is 0 Å². The zero-order chi connectivity index (χ0) is 19.1. The number of amides is 3. The third kappa shape index (κ3) is 3.27. The van der Waals surface area contributed by atoms with Crippen molar-refractivity contribution in [3.05, 3.63) is 29.8 Å². The minimum atomic E-state index is -0.163. The summed E-state index contributed by atoms with van der Waals surface area (Å²) in [6.45, 7) is 5.06. The summed E-state index contributed by atoms with van der Waals surface area (Å²) >= 11 is 0. The number of hydrogen-bond donors (Lipinski definition) is 0. The molecule has 0 radical (unpaired) electrons. The molecule has 1 saturated carbocycles. The molecule has 3 fully saturated rings. The van der Waals surface area contributed by atoms with Crippen LogP contribution in [0.5, 0.6) is 0 Å². The number of fused-ring (bicyclic) bond motifs is 1. The number of hydrogen-bond acceptors (Lipinski definition) is 4. The Morgan fingerprint density at radius 2 is 1.44 bits per heavy atom. The Morgan fingerprint density at radius 3 is 1.96 bits per heavy atom. The van der Waals surface area contributed by atoms with Gasteiger partial charge in [-0.25, -0.2) is 0 Å². The van der Waals surface area contributed by atoms with Crippen LogP contribution in [-0.2, 0) is 14.3 Å². The number of rotatable bonds is 2. The number of ether oxygens (including phenoxy) is 1. The zero-order valence-electron chi connectivity index (χ0n) is 15.9. The molecular formula is C21H26N2O4. The van der Waals surface area contributed by atoms with E-state index in [1.807, 2.05) is 13.8 Å². The van der Waals surface area contributed by atoms with Gasteiger partial charge in [0, 0.05) is 18.7 Å². The fraction of sp³-hybridized carbons (Fsp3) is 0.571. The van der Waals surface area contributed by atoms with Gasteiger partial charge in [0.05, 0.1) is 29.7 Å². The lowest BCUT2D eigenvalue weighted by molar-refractivity contribution is -0.122. The highest BCUT2D eigenvalue weighted by Crippen LogP contribution is 2.40. The molecule has 2 heterocycles. The van der Waals surface area contributed by atoms with Crippen molar-refractivity contribution in [2.75, 3.05) is 18.0 Å². The summed E-state index contributed by atoms with van der Waals surface area (Å²) in [5.74, 6) is -0.539. The van der Waals surface area contributed by atoms with Crippen LogP contribution in [0.1, 0.15) is 49.9 Å². The summed E-state index contributed by atoms with van der Waals surface area (Å²) in [6, 6.07) is 6.86. The fourth-order valence-corrected chi connectivity index (χ4v) is 4.70. The average Bonchev–Trinajstić information content (AvgIpc) is 2.92. The molecule has 144 valence electrons. The molecule has 2 aliphatic heterocycles. The lowest BCUT2D eigenvalue weighted by atomic mass is 9.81. The van der Waals surface area contributed by atoms with Gasteiger partial charge < -0.3 is 9.64 Å². The minimum absolute atomic E-state index is 0.0140. The lowest BCUT2D eigenvalue weighted by Crippen LogP contribution is -2.48. The van der Waals surface area contributed by atoms with Crippen molar-refractivity contribution in [2.45, 2.75) is 51.7 Å². The molecule has 4 unspecified atom stereocenters. The van der Waals surface area contributed by atoms with Gasteiger partial charge in [0.15, 0.2) is 0 Å². The number of carbonyl (C=O) groups is 3. The van der Waals surface area contributed by atoms with Crippen molar-refractivity contribution in [1.29, 1.82) is 0 Å². The Hall–Kier alpha value is -2.21. The van der Waals surface area contributed by atoms with Gasteiger partial charge >= 0.3 is 0 Å². The summed E-state index contributed by atoms with van der Waals surface area (Å²) in [7, 11) is 0. The van der Waals surface area contributed by atoms with E-state index in [4.69, 9.17) is 4.74 Å². The third-order valence-electron chi connectivity index (χ3n) is 5.92. The predicted octanol–water partition coefficient (Wildman–Crippen LogP) is 2.62. The van der Waals surface area contributed by atoms with E-state index >= 15 is 0 Å². The SMILES string of the molecule is CC1CN(C(=O)c2ccc(N3C(=O)C4CCCCC4C3=O)cc2)CC(C)O1. The maximum atomic E-state index is 12.8. The second-order valence-electron chi connectivity index (χ2n) is 8.02. The van der Waals surface area contributed by atoms with Gasteiger partial charge in [-0.2, -0.15) is 0 Å². The summed E-state index contributed by atoms with van der Waals surface area (Å²) in [5.41, 5.74) is 1.14. The Morgan fingerprint density at radius 1 is 0.926 bits per heavy atom. The molecular weight excluding hydrogens is 344 g/mol. The first-order valence-corrected chi connectivity index (χ1v) is 9.88. The Balaban J connectivity index is 1.51. The van der Waals surface area contributed by atoms with Gasteiger partial charge in [-0.05, 0) is 51.0 Å². The highest BCUT2D eigenvalue weighted by molar-refractivity contribution is 6.22. The number of nitrogens with zero attached hydrogens (tertiary/aromatic N) is 2. The van der Waals surface area contributed by atoms with Gasteiger partial charge in [-0.15, -0.1) is 0 Å². The first-order chi connectivity index (χ1) is 13.0. The van der Waals surface area contributed by atoms with E-state index in [0.717, 1.165) is 25.7 Å². The second kappa shape index (κ2) is 7.08. The summed E-state index contributed by atoms with van der Waals surface area (Å²) in [6.07, 6.45) is 3.65. The van der Waals surface area contributed by atoms with Crippen LogP contribution in [0.2, 0.25) is 0 Å². The Bertz CT molecular complexity index is 726. The van der Waals surface area contributed by atoms with Crippen LogP contribution in [0.25, 0.3) is 0 Å². The maximum Gasteiger partial charge on any atom is 0.254 e. The number of carbonyl (C=O) groups excluding carboxylic acids is 3. The standard InChI is InChI=1S/C21H26N2O4/c1-13-11-22(12-14(2)27-13)19(24)15-7-9-16(10-8-15)23-20(25)17-5-3-4-6-18(17)21(23)26/h7-10,13-14,17-18H,3-6,11-12H2,1-2H3. The van der Waals surface area contributed by atoms with Crippen molar-refractivity contribution in [2.24, 2.45) is 11.8 Å². The Kier molecular flexibility index (Phi) is 4.76. The number of anilines is 1. The van der Waals surface area contributed by atoms with Crippen LogP contribution in [0, 0.1) is 11.8 Å².